The van der Waals surface area contributed by atoms with Crippen molar-refractivity contribution in [3.05, 3.63) is 64.4 Å². The van der Waals surface area contributed by atoms with Crippen molar-refractivity contribution in [1.82, 2.24) is 20.6 Å². The van der Waals surface area contributed by atoms with Crippen molar-refractivity contribution in [2.45, 2.75) is 24.7 Å². The first-order chi connectivity index (χ1) is 13.2. The summed E-state index contributed by atoms with van der Waals surface area (Å²) in [4.78, 5) is 12.3. The Labute approximate surface area is 191 Å². The third-order valence-electron chi connectivity index (χ3n) is 5.20. The molecule has 7 heteroatoms. The first-order valence-corrected chi connectivity index (χ1v) is 10.1. The SMILES string of the molecule is CN=C(NCCc1nc2ccccc2[nH]1)NCC1(c2cccc(Br)c2)CC1.I. The van der Waals surface area contributed by atoms with Crippen molar-refractivity contribution in [2.24, 2.45) is 4.99 Å². The topological polar surface area (TPSA) is 65.1 Å². The van der Waals surface area contributed by atoms with Crippen LogP contribution >= 0.6 is 39.9 Å². The highest BCUT2D eigenvalue weighted by atomic mass is 127. The zero-order chi connectivity index (χ0) is 18.7. The van der Waals surface area contributed by atoms with Gasteiger partial charge in [-0.2, -0.15) is 0 Å². The molecule has 0 spiro atoms. The highest BCUT2D eigenvalue weighted by molar-refractivity contribution is 14.0. The summed E-state index contributed by atoms with van der Waals surface area (Å²) in [7, 11) is 1.81. The number of imidazole rings is 1. The maximum absolute atomic E-state index is 4.62. The number of benzene rings is 2. The Hall–Kier alpha value is -1.61. The van der Waals surface area contributed by atoms with E-state index in [4.69, 9.17) is 0 Å². The molecule has 1 aliphatic rings. The molecule has 0 saturated heterocycles. The molecule has 1 fully saturated rings. The van der Waals surface area contributed by atoms with E-state index in [0.717, 1.165) is 46.8 Å². The summed E-state index contributed by atoms with van der Waals surface area (Å²) in [6, 6.07) is 16.7. The molecule has 0 bridgehead atoms. The highest BCUT2D eigenvalue weighted by Crippen LogP contribution is 2.48. The van der Waals surface area contributed by atoms with Crippen molar-refractivity contribution >= 4 is 56.9 Å². The molecule has 4 rings (SSSR count). The summed E-state index contributed by atoms with van der Waals surface area (Å²) in [5.74, 6) is 1.83. The summed E-state index contributed by atoms with van der Waals surface area (Å²) in [6.45, 7) is 1.68. The van der Waals surface area contributed by atoms with Crippen LogP contribution in [-0.4, -0.2) is 36.1 Å². The van der Waals surface area contributed by atoms with E-state index in [0.29, 0.717) is 0 Å². The number of aromatic nitrogens is 2. The van der Waals surface area contributed by atoms with Gasteiger partial charge in [-0.15, -0.1) is 24.0 Å². The number of para-hydroxylation sites is 2. The third-order valence-corrected chi connectivity index (χ3v) is 5.69. The van der Waals surface area contributed by atoms with Crippen molar-refractivity contribution in [1.29, 1.82) is 0 Å². The predicted octanol–water partition coefficient (Wildman–Crippen LogP) is 4.38. The smallest absolute Gasteiger partial charge is 0.191 e. The van der Waals surface area contributed by atoms with Crippen LogP contribution in [0.5, 0.6) is 0 Å². The summed E-state index contributed by atoms with van der Waals surface area (Å²) in [5.41, 5.74) is 3.72. The van der Waals surface area contributed by atoms with Crippen LogP contribution in [0.25, 0.3) is 11.0 Å². The van der Waals surface area contributed by atoms with Crippen LogP contribution in [0.3, 0.4) is 0 Å². The number of aromatic amines is 1. The van der Waals surface area contributed by atoms with Crippen LogP contribution in [0.4, 0.5) is 0 Å². The Kier molecular flexibility index (Phi) is 6.98. The molecule has 5 nitrogen and oxygen atoms in total. The maximum Gasteiger partial charge on any atom is 0.191 e. The van der Waals surface area contributed by atoms with Gasteiger partial charge in [-0.3, -0.25) is 4.99 Å². The molecule has 28 heavy (non-hydrogen) atoms. The number of nitrogens with zero attached hydrogens (tertiary/aromatic N) is 2. The first kappa shape index (κ1) is 21.1. The number of nitrogens with one attached hydrogen (secondary N) is 3. The van der Waals surface area contributed by atoms with E-state index in [9.17, 15) is 0 Å². The Morgan fingerprint density at radius 2 is 2.00 bits per heavy atom. The van der Waals surface area contributed by atoms with Crippen LogP contribution in [0.1, 0.15) is 24.2 Å². The normalized spacial score (nSPS) is 15.1. The van der Waals surface area contributed by atoms with E-state index in [2.05, 4.69) is 71.9 Å². The molecule has 3 aromatic rings. The van der Waals surface area contributed by atoms with Crippen LogP contribution < -0.4 is 10.6 Å². The Morgan fingerprint density at radius 3 is 2.71 bits per heavy atom. The fraction of sp³-hybridized carbons (Fsp3) is 0.333. The predicted molar refractivity (Wildman–Crippen MR) is 130 cm³/mol. The van der Waals surface area contributed by atoms with Crippen molar-refractivity contribution < 1.29 is 0 Å². The zero-order valence-electron chi connectivity index (χ0n) is 15.8. The molecule has 0 aliphatic heterocycles. The van der Waals surface area contributed by atoms with Crippen LogP contribution in [0.2, 0.25) is 0 Å². The van der Waals surface area contributed by atoms with Gasteiger partial charge in [-0.05, 0) is 42.7 Å². The highest BCUT2D eigenvalue weighted by Gasteiger charge is 2.44. The first-order valence-electron chi connectivity index (χ1n) is 9.33. The number of guanidine groups is 1. The van der Waals surface area contributed by atoms with Gasteiger partial charge < -0.3 is 15.6 Å². The Bertz CT molecular complexity index is 931. The monoisotopic (exact) mass is 553 g/mol. The lowest BCUT2D eigenvalue weighted by atomic mass is 9.96. The molecule has 1 heterocycles. The lowest BCUT2D eigenvalue weighted by Gasteiger charge is -2.19. The van der Waals surface area contributed by atoms with Gasteiger partial charge in [-0.25, -0.2) is 4.98 Å². The average molecular weight is 554 g/mol. The van der Waals surface area contributed by atoms with E-state index < -0.39 is 0 Å². The van der Waals surface area contributed by atoms with Gasteiger partial charge in [0.25, 0.3) is 0 Å². The van der Waals surface area contributed by atoms with Gasteiger partial charge in [0.15, 0.2) is 5.96 Å². The minimum Gasteiger partial charge on any atom is -0.356 e. The second kappa shape index (κ2) is 9.26. The molecule has 0 unspecified atom stereocenters. The maximum atomic E-state index is 4.62. The summed E-state index contributed by atoms with van der Waals surface area (Å²) >= 11 is 3.58. The van der Waals surface area contributed by atoms with Crippen LogP contribution in [-0.2, 0) is 11.8 Å². The summed E-state index contributed by atoms with van der Waals surface area (Å²) < 4.78 is 1.14. The number of rotatable bonds is 6. The van der Waals surface area contributed by atoms with E-state index >= 15 is 0 Å². The van der Waals surface area contributed by atoms with Crippen molar-refractivity contribution in [2.75, 3.05) is 20.1 Å². The fourth-order valence-corrected chi connectivity index (χ4v) is 3.83. The number of fused-ring (bicyclic) bond motifs is 1. The minimum atomic E-state index is 0. The molecule has 1 saturated carbocycles. The molecule has 1 aliphatic carbocycles. The second-order valence-electron chi connectivity index (χ2n) is 7.09. The average Bonchev–Trinajstić information content (AvgIpc) is 3.36. The number of aliphatic imine (C=N–C) groups is 1. The van der Waals surface area contributed by atoms with E-state index in [1.54, 1.807) is 0 Å². The largest absolute Gasteiger partial charge is 0.356 e. The van der Waals surface area contributed by atoms with E-state index in [1.807, 2.05) is 25.2 Å². The van der Waals surface area contributed by atoms with Gasteiger partial charge >= 0.3 is 0 Å². The van der Waals surface area contributed by atoms with Gasteiger partial charge in [0, 0.05) is 36.4 Å². The molecule has 0 atom stereocenters. The summed E-state index contributed by atoms with van der Waals surface area (Å²) in [5, 5.41) is 6.89. The molecule has 0 radical (unpaired) electrons. The van der Waals surface area contributed by atoms with Crippen molar-refractivity contribution in [3.8, 4) is 0 Å². The number of hydrogen-bond acceptors (Lipinski definition) is 2. The van der Waals surface area contributed by atoms with Gasteiger partial charge in [-0.1, -0.05) is 40.2 Å². The molecular weight excluding hydrogens is 529 g/mol. The summed E-state index contributed by atoms with van der Waals surface area (Å²) in [6.07, 6.45) is 3.25. The lowest BCUT2D eigenvalue weighted by Crippen LogP contribution is -2.42. The molecule has 1 aromatic heterocycles. The molecular formula is C21H25BrIN5. The number of halogens is 2. The minimum absolute atomic E-state index is 0. The standard InChI is InChI=1S/C21H24BrN5.HI/c1-23-20(24-12-9-19-26-17-7-2-3-8-18(17)27-19)25-14-21(10-11-21)15-5-4-6-16(22)13-15;/h2-8,13H,9-12,14H2,1H3,(H,26,27)(H2,23,24,25);1H. The third kappa shape index (κ3) is 4.86. The fourth-order valence-electron chi connectivity index (χ4n) is 3.43. The lowest BCUT2D eigenvalue weighted by molar-refractivity contribution is 0.644. The van der Waals surface area contributed by atoms with Crippen LogP contribution in [0.15, 0.2) is 58.0 Å². The van der Waals surface area contributed by atoms with Gasteiger partial charge in [0.05, 0.1) is 11.0 Å². The van der Waals surface area contributed by atoms with E-state index in [1.165, 1.54) is 18.4 Å². The molecule has 2 aromatic carbocycles. The molecule has 3 N–H and O–H groups in total. The second-order valence-corrected chi connectivity index (χ2v) is 8.01. The van der Waals surface area contributed by atoms with Gasteiger partial charge in [0.1, 0.15) is 5.82 Å². The molecule has 148 valence electrons. The quantitative estimate of drug-likeness (QED) is 0.241. The van der Waals surface area contributed by atoms with E-state index in [-0.39, 0.29) is 29.4 Å². The number of hydrogen-bond donors (Lipinski definition) is 3. The Morgan fingerprint density at radius 1 is 1.18 bits per heavy atom. The number of H-pyrrole nitrogens is 1. The van der Waals surface area contributed by atoms with Crippen LogP contribution in [0, 0.1) is 0 Å². The van der Waals surface area contributed by atoms with Gasteiger partial charge in [0.2, 0.25) is 0 Å². The van der Waals surface area contributed by atoms with Crippen molar-refractivity contribution in [3.63, 3.8) is 0 Å². The zero-order valence-corrected chi connectivity index (χ0v) is 19.8. The molecule has 0 amide bonds. The Balaban J connectivity index is 0.00000225.